The highest BCUT2D eigenvalue weighted by molar-refractivity contribution is 7.89. The van der Waals surface area contributed by atoms with E-state index in [9.17, 15) is 8.42 Å². The molecular formula is C16H20N2O3S. The van der Waals surface area contributed by atoms with E-state index in [4.69, 9.17) is 4.52 Å². The normalized spacial score (nSPS) is 19.7. The molecule has 1 aliphatic rings. The lowest BCUT2D eigenvalue weighted by atomic mass is 10.0. The molecule has 1 atom stereocenters. The largest absolute Gasteiger partial charge is 0.360 e. The topological polar surface area (TPSA) is 63.4 Å². The minimum absolute atomic E-state index is 0.112. The van der Waals surface area contributed by atoms with Crippen molar-refractivity contribution in [3.8, 4) is 0 Å². The van der Waals surface area contributed by atoms with Crippen LogP contribution in [0.2, 0.25) is 0 Å². The van der Waals surface area contributed by atoms with Crippen LogP contribution in [0.25, 0.3) is 0 Å². The van der Waals surface area contributed by atoms with Gasteiger partial charge in [0.1, 0.15) is 10.6 Å². The van der Waals surface area contributed by atoms with Crippen molar-refractivity contribution in [1.29, 1.82) is 0 Å². The van der Waals surface area contributed by atoms with Gasteiger partial charge >= 0.3 is 0 Å². The fraction of sp³-hybridized carbons (Fsp3) is 0.438. The molecule has 0 radical (unpaired) electrons. The summed E-state index contributed by atoms with van der Waals surface area (Å²) >= 11 is 0. The van der Waals surface area contributed by atoms with Gasteiger partial charge < -0.3 is 4.52 Å². The first-order valence-corrected chi connectivity index (χ1v) is 8.86. The quantitative estimate of drug-likeness (QED) is 0.871. The zero-order chi connectivity index (χ0) is 15.9. The van der Waals surface area contributed by atoms with Crippen molar-refractivity contribution >= 4 is 10.0 Å². The summed E-state index contributed by atoms with van der Waals surface area (Å²) in [7, 11) is -3.59. The van der Waals surface area contributed by atoms with Crippen LogP contribution in [0.4, 0.5) is 0 Å². The van der Waals surface area contributed by atoms with E-state index < -0.39 is 10.0 Å². The molecule has 0 spiro atoms. The summed E-state index contributed by atoms with van der Waals surface area (Å²) in [5, 5.41) is 3.78. The lowest BCUT2D eigenvalue weighted by Crippen LogP contribution is -2.31. The number of sulfonamides is 1. The highest BCUT2D eigenvalue weighted by Crippen LogP contribution is 2.37. The second kappa shape index (κ2) is 5.52. The predicted octanol–water partition coefficient (Wildman–Crippen LogP) is 3.13. The molecule has 2 aromatic rings. The molecule has 2 heterocycles. The summed E-state index contributed by atoms with van der Waals surface area (Å²) in [6, 6.07) is 7.96. The molecule has 0 N–H and O–H groups in total. The molecule has 3 rings (SSSR count). The summed E-state index contributed by atoms with van der Waals surface area (Å²) in [4.78, 5) is 0.214. The van der Waals surface area contributed by atoms with E-state index in [-0.39, 0.29) is 10.9 Å². The van der Waals surface area contributed by atoms with Crippen molar-refractivity contribution in [3.63, 3.8) is 0 Å². The van der Waals surface area contributed by atoms with Crippen molar-refractivity contribution in [2.75, 3.05) is 6.54 Å². The molecule has 0 saturated carbocycles. The van der Waals surface area contributed by atoms with Crippen molar-refractivity contribution < 1.29 is 12.9 Å². The zero-order valence-corrected chi connectivity index (χ0v) is 13.9. The Labute approximate surface area is 131 Å². The van der Waals surface area contributed by atoms with Gasteiger partial charge in [-0.1, -0.05) is 35.0 Å². The Morgan fingerprint density at radius 3 is 2.45 bits per heavy atom. The van der Waals surface area contributed by atoms with Gasteiger partial charge in [0.2, 0.25) is 10.0 Å². The first kappa shape index (κ1) is 15.2. The van der Waals surface area contributed by atoms with Gasteiger partial charge in [-0.15, -0.1) is 0 Å². The van der Waals surface area contributed by atoms with Gasteiger partial charge in [0.25, 0.3) is 0 Å². The molecule has 1 fully saturated rings. The number of benzene rings is 1. The maximum Gasteiger partial charge on any atom is 0.249 e. The molecule has 0 bridgehead atoms. The number of hydrogen-bond acceptors (Lipinski definition) is 4. The third kappa shape index (κ3) is 2.46. The Hall–Kier alpha value is -1.66. The standard InChI is InChI=1S/C16H20N2O3S/c1-11-6-8-14(9-7-11)15-5-4-10-18(15)22(19,20)16-12(2)17-21-13(16)3/h6-9,15H,4-5,10H2,1-3H3. The van der Waals surface area contributed by atoms with Crippen molar-refractivity contribution in [3.05, 3.63) is 46.8 Å². The Balaban J connectivity index is 2.01. The molecule has 6 heteroatoms. The van der Waals surface area contributed by atoms with Crippen LogP contribution < -0.4 is 0 Å². The van der Waals surface area contributed by atoms with Gasteiger partial charge in [-0.2, -0.15) is 4.31 Å². The number of rotatable bonds is 3. The van der Waals surface area contributed by atoms with Crippen LogP contribution >= 0.6 is 0 Å². The van der Waals surface area contributed by atoms with E-state index >= 15 is 0 Å². The number of nitrogens with zero attached hydrogens (tertiary/aromatic N) is 2. The maximum atomic E-state index is 13.0. The van der Waals surface area contributed by atoms with E-state index in [0.29, 0.717) is 18.0 Å². The van der Waals surface area contributed by atoms with Gasteiger partial charge in [0.15, 0.2) is 5.76 Å². The van der Waals surface area contributed by atoms with Gasteiger partial charge in [-0.05, 0) is 39.2 Å². The molecule has 22 heavy (non-hydrogen) atoms. The molecule has 0 aliphatic carbocycles. The summed E-state index contributed by atoms with van der Waals surface area (Å²) in [6.45, 7) is 5.87. The van der Waals surface area contributed by atoms with Crippen molar-refractivity contribution in [1.82, 2.24) is 9.46 Å². The minimum Gasteiger partial charge on any atom is -0.360 e. The van der Waals surface area contributed by atoms with Gasteiger partial charge in [-0.25, -0.2) is 8.42 Å². The monoisotopic (exact) mass is 320 g/mol. The van der Waals surface area contributed by atoms with Crippen LogP contribution in [0.15, 0.2) is 33.7 Å². The summed E-state index contributed by atoms with van der Waals surface area (Å²) in [5.41, 5.74) is 2.63. The summed E-state index contributed by atoms with van der Waals surface area (Å²) < 4.78 is 32.7. The predicted molar refractivity (Wildman–Crippen MR) is 83.0 cm³/mol. The minimum atomic E-state index is -3.59. The van der Waals surface area contributed by atoms with E-state index in [2.05, 4.69) is 5.16 Å². The molecule has 1 unspecified atom stereocenters. The van der Waals surface area contributed by atoms with Crippen LogP contribution in [-0.4, -0.2) is 24.4 Å². The number of aryl methyl sites for hydroxylation is 3. The number of aromatic nitrogens is 1. The van der Waals surface area contributed by atoms with Gasteiger partial charge in [0.05, 0.1) is 6.04 Å². The smallest absolute Gasteiger partial charge is 0.249 e. The first-order chi connectivity index (χ1) is 10.4. The van der Waals surface area contributed by atoms with Gasteiger partial charge in [-0.3, -0.25) is 0 Å². The Morgan fingerprint density at radius 1 is 1.18 bits per heavy atom. The molecule has 1 saturated heterocycles. The van der Waals surface area contributed by atoms with Crippen LogP contribution in [0.5, 0.6) is 0 Å². The van der Waals surface area contributed by atoms with Crippen LogP contribution in [0, 0.1) is 20.8 Å². The summed E-state index contributed by atoms with van der Waals surface area (Å²) in [6.07, 6.45) is 1.70. The highest BCUT2D eigenvalue weighted by Gasteiger charge is 2.39. The van der Waals surface area contributed by atoms with Crippen molar-refractivity contribution in [2.24, 2.45) is 0 Å². The van der Waals surface area contributed by atoms with E-state index in [1.165, 1.54) is 5.56 Å². The third-order valence-corrected chi connectivity index (χ3v) is 6.35. The van der Waals surface area contributed by atoms with Crippen LogP contribution in [-0.2, 0) is 10.0 Å². The maximum absolute atomic E-state index is 13.0. The average Bonchev–Trinajstić information content (AvgIpc) is 3.07. The third-order valence-electron chi connectivity index (χ3n) is 4.20. The number of hydrogen-bond donors (Lipinski definition) is 0. The lowest BCUT2D eigenvalue weighted by Gasteiger charge is -2.24. The second-order valence-electron chi connectivity index (χ2n) is 5.84. The Bertz CT molecular complexity index is 759. The molecule has 118 valence electrons. The van der Waals surface area contributed by atoms with Crippen molar-refractivity contribution in [2.45, 2.75) is 44.6 Å². The van der Waals surface area contributed by atoms with E-state index in [1.807, 2.05) is 31.2 Å². The van der Waals surface area contributed by atoms with E-state index in [1.54, 1.807) is 18.2 Å². The van der Waals surface area contributed by atoms with Gasteiger partial charge in [0, 0.05) is 6.54 Å². The zero-order valence-electron chi connectivity index (χ0n) is 13.0. The molecule has 1 aromatic heterocycles. The fourth-order valence-electron chi connectivity index (χ4n) is 3.11. The average molecular weight is 320 g/mol. The first-order valence-electron chi connectivity index (χ1n) is 7.42. The lowest BCUT2D eigenvalue weighted by molar-refractivity contribution is 0.384. The SMILES string of the molecule is Cc1ccc(C2CCCN2S(=O)(=O)c2c(C)noc2C)cc1. The van der Waals surface area contributed by atoms with Crippen LogP contribution in [0.3, 0.4) is 0 Å². The summed E-state index contributed by atoms with van der Waals surface area (Å²) in [5.74, 6) is 0.354. The Morgan fingerprint density at radius 2 is 1.86 bits per heavy atom. The van der Waals surface area contributed by atoms with E-state index in [0.717, 1.165) is 18.4 Å². The highest BCUT2D eigenvalue weighted by atomic mass is 32.2. The Kier molecular flexibility index (Phi) is 3.82. The second-order valence-corrected chi connectivity index (χ2v) is 7.67. The molecule has 1 aromatic carbocycles. The molecule has 5 nitrogen and oxygen atoms in total. The fourth-order valence-corrected chi connectivity index (χ4v) is 5.09. The van der Waals surface area contributed by atoms with Crippen LogP contribution in [0.1, 0.15) is 41.5 Å². The molecule has 1 aliphatic heterocycles. The molecule has 0 amide bonds. The molecular weight excluding hydrogens is 300 g/mol.